The molecule has 0 unspecified atom stereocenters. The van der Waals surface area contributed by atoms with Crippen molar-refractivity contribution in [3.05, 3.63) is 23.8 Å². The second-order valence-electron chi connectivity index (χ2n) is 6.20. The van der Waals surface area contributed by atoms with Crippen LogP contribution in [0.25, 0.3) is 0 Å². The minimum Gasteiger partial charge on any atom is -0.396 e. The average Bonchev–Trinajstić information content (AvgIpc) is 2.77. The lowest BCUT2D eigenvalue weighted by Gasteiger charge is -2.18. The van der Waals surface area contributed by atoms with Gasteiger partial charge in [-0.25, -0.2) is 9.59 Å². The maximum Gasteiger partial charge on any atom is 0.240 e. The van der Waals surface area contributed by atoms with Crippen LogP contribution in [0.2, 0.25) is 0 Å². The summed E-state index contributed by atoms with van der Waals surface area (Å²) >= 11 is 0. The Labute approximate surface area is 182 Å². The molecule has 1 aromatic carbocycles. The smallest absolute Gasteiger partial charge is 0.240 e. The van der Waals surface area contributed by atoms with Crippen molar-refractivity contribution < 1.29 is 39.1 Å². The van der Waals surface area contributed by atoms with Gasteiger partial charge in [0.2, 0.25) is 12.2 Å². The third kappa shape index (κ3) is 15.2. The fourth-order valence-corrected chi connectivity index (χ4v) is 2.17. The van der Waals surface area contributed by atoms with E-state index in [1.807, 2.05) is 0 Å². The third-order valence-corrected chi connectivity index (χ3v) is 3.77. The number of isocyanates is 2. The van der Waals surface area contributed by atoms with Crippen LogP contribution in [0, 0.1) is 6.92 Å². The van der Waals surface area contributed by atoms with E-state index < -0.39 is 0 Å². The minimum atomic E-state index is -0.172. The van der Waals surface area contributed by atoms with Gasteiger partial charge in [0.25, 0.3) is 0 Å². The van der Waals surface area contributed by atoms with Crippen molar-refractivity contribution >= 4 is 23.5 Å². The number of aliphatic hydroxyl groups excluding tert-OH is 3. The molecular formula is C21H32N2O8. The molecule has 31 heavy (non-hydrogen) atoms. The number of hydrogen-bond donors (Lipinski definition) is 3. The van der Waals surface area contributed by atoms with E-state index in [1.165, 1.54) is 12.2 Å². The predicted molar refractivity (Wildman–Crippen MR) is 113 cm³/mol. The maximum atomic E-state index is 10.00. The zero-order valence-electron chi connectivity index (χ0n) is 17.9. The van der Waals surface area contributed by atoms with Crippen LogP contribution in [-0.4, -0.2) is 86.4 Å². The summed E-state index contributed by atoms with van der Waals surface area (Å²) in [6, 6.07) is 4.94. The molecule has 0 saturated heterocycles. The van der Waals surface area contributed by atoms with Gasteiger partial charge in [-0.15, -0.1) is 0 Å². The zero-order chi connectivity index (χ0) is 23.2. The summed E-state index contributed by atoms with van der Waals surface area (Å²) in [5, 5.41) is 25.9. The SMILES string of the molecule is Cc1c(N=C=O)cccc1N=C=O.OCCCOCC(COCCCO)OCCCO. The first-order chi connectivity index (χ1) is 15.1. The van der Waals surface area contributed by atoms with Gasteiger partial charge in [-0.05, 0) is 38.3 Å². The van der Waals surface area contributed by atoms with Crippen molar-refractivity contribution in [2.24, 2.45) is 9.98 Å². The lowest BCUT2D eigenvalue weighted by atomic mass is 10.1. The Morgan fingerprint density at radius 1 is 0.839 bits per heavy atom. The average molecular weight is 440 g/mol. The molecule has 0 heterocycles. The molecule has 0 aliphatic heterocycles. The molecule has 0 aliphatic rings. The molecule has 0 bridgehead atoms. The van der Waals surface area contributed by atoms with Crippen molar-refractivity contribution in [3.63, 3.8) is 0 Å². The van der Waals surface area contributed by atoms with E-state index in [2.05, 4.69) is 9.98 Å². The van der Waals surface area contributed by atoms with Crippen molar-refractivity contribution in [2.45, 2.75) is 32.3 Å². The van der Waals surface area contributed by atoms with Crippen LogP contribution in [-0.2, 0) is 23.8 Å². The fourth-order valence-electron chi connectivity index (χ4n) is 2.17. The number of hydrogen-bond acceptors (Lipinski definition) is 10. The first-order valence-corrected chi connectivity index (χ1v) is 9.99. The normalized spacial score (nSPS) is 10.1. The molecule has 0 spiro atoms. The first-order valence-electron chi connectivity index (χ1n) is 9.99. The summed E-state index contributed by atoms with van der Waals surface area (Å²) in [4.78, 5) is 26.9. The van der Waals surface area contributed by atoms with Crippen molar-refractivity contribution in [2.75, 3.05) is 52.9 Å². The fraction of sp³-hybridized carbons (Fsp3) is 0.619. The van der Waals surface area contributed by atoms with Gasteiger partial charge in [-0.2, -0.15) is 9.98 Å². The van der Waals surface area contributed by atoms with Crippen LogP contribution in [0.3, 0.4) is 0 Å². The Morgan fingerprint density at radius 2 is 1.29 bits per heavy atom. The van der Waals surface area contributed by atoms with Crippen LogP contribution < -0.4 is 0 Å². The molecule has 0 saturated carbocycles. The minimum absolute atomic E-state index is 0.101. The quantitative estimate of drug-likeness (QED) is 0.199. The molecule has 0 amide bonds. The van der Waals surface area contributed by atoms with Gasteiger partial charge in [0.1, 0.15) is 6.10 Å². The maximum absolute atomic E-state index is 10.00. The molecule has 1 rings (SSSR count). The predicted octanol–water partition coefficient (Wildman–Crippen LogP) is 1.48. The van der Waals surface area contributed by atoms with Crippen LogP contribution in [0.5, 0.6) is 0 Å². The Kier molecular flexibility index (Phi) is 19.5. The number of aliphatic imine (C=N–C) groups is 2. The summed E-state index contributed by atoms with van der Waals surface area (Å²) in [5.41, 5.74) is 1.59. The Hall–Kier alpha value is -2.26. The molecule has 10 heteroatoms. The summed E-state index contributed by atoms with van der Waals surface area (Å²) in [5.74, 6) is 0. The van der Waals surface area contributed by atoms with E-state index in [9.17, 15) is 9.59 Å². The van der Waals surface area contributed by atoms with E-state index in [4.69, 9.17) is 29.5 Å². The molecule has 0 aromatic heterocycles. The second kappa shape index (κ2) is 21.0. The van der Waals surface area contributed by atoms with Crippen LogP contribution >= 0.6 is 0 Å². The number of aliphatic hydroxyl groups is 3. The number of rotatable bonds is 16. The number of ether oxygens (including phenoxy) is 3. The lowest BCUT2D eigenvalue weighted by Crippen LogP contribution is -2.27. The van der Waals surface area contributed by atoms with Gasteiger partial charge in [-0.3, -0.25) is 0 Å². The molecule has 0 radical (unpaired) electrons. The Bertz CT molecular complexity index is 625. The molecule has 0 aliphatic carbocycles. The largest absolute Gasteiger partial charge is 0.396 e. The monoisotopic (exact) mass is 440 g/mol. The lowest BCUT2D eigenvalue weighted by molar-refractivity contribution is -0.0644. The zero-order valence-corrected chi connectivity index (χ0v) is 17.9. The number of carbonyl (C=O) groups excluding carboxylic acids is 2. The van der Waals surface area contributed by atoms with Gasteiger partial charge >= 0.3 is 0 Å². The summed E-state index contributed by atoms with van der Waals surface area (Å²) in [6.07, 6.45) is 4.48. The third-order valence-electron chi connectivity index (χ3n) is 3.77. The van der Waals surface area contributed by atoms with Gasteiger partial charge in [-0.1, -0.05) is 6.07 Å². The Morgan fingerprint density at radius 3 is 1.71 bits per heavy atom. The topological polar surface area (TPSA) is 147 Å². The van der Waals surface area contributed by atoms with Gasteiger partial charge in [0.05, 0.1) is 24.6 Å². The summed E-state index contributed by atoms with van der Waals surface area (Å²) in [6.45, 7) is 4.31. The van der Waals surface area contributed by atoms with E-state index in [0.29, 0.717) is 69.2 Å². The molecule has 0 atom stereocenters. The Balaban J connectivity index is 0.000000609. The van der Waals surface area contributed by atoms with Crippen molar-refractivity contribution in [3.8, 4) is 0 Å². The highest BCUT2D eigenvalue weighted by Gasteiger charge is 2.09. The van der Waals surface area contributed by atoms with Gasteiger partial charge < -0.3 is 29.5 Å². The van der Waals surface area contributed by atoms with E-state index in [-0.39, 0.29) is 25.9 Å². The van der Waals surface area contributed by atoms with E-state index >= 15 is 0 Å². The van der Waals surface area contributed by atoms with Gasteiger partial charge in [0, 0.05) is 45.2 Å². The summed E-state index contributed by atoms with van der Waals surface area (Å²) < 4.78 is 16.2. The standard InChI is InChI=1S/C12H26O6.C9H6N2O2/c13-4-1-7-16-10-12(18-9-3-6-15)11-17-8-2-5-14;1-7-8(10-5-12)3-2-4-9(7)11-6-13/h12-15H,1-11H2;2-4H,1H3. The highest BCUT2D eigenvalue weighted by Crippen LogP contribution is 2.26. The molecule has 10 nitrogen and oxygen atoms in total. The number of nitrogens with zero attached hydrogens (tertiary/aromatic N) is 2. The van der Waals surface area contributed by atoms with Crippen molar-refractivity contribution in [1.82, 2.24) is 0 Å². The molecular weight excluding hydrogens is 408 g/mol. The summed E-state index contributed by atoms with van der Waals surface area (Å²) in [7, 11) is 0. The number of benzene rings is 1. The van der Waals surface area contributed by atoms with Crippen molar-refractivity contribution in [1.29, 1.82) is 0 Å². The highest BCUT2D eigenvalue weighted by molar-refractivity contribution is 5.64. The van der Waals surface area contributed by atoms with Crippen LogP contribution in [0.15, 0.2) is 28.2 Å². The van der Waals surface area contributed by atoms with E-state index in [0.717, 1.165) is 0 Å². The van der Waals surface area contributed by atoms with E-state index in [1.54, 1.807) is 25.1 Å². The highest BCUT2D eigenvalue weighted by atomic mass is 16.6. The van der Waals surface area contributed by atoms with Crippen LogP contribution in [0.1, 0.15) is 24.8 Å². The first kappa shape index (κ1) is 28.7. The molecule has 174 valence electrons. The molecule has 1 aromatic rings. The second-order valence-corrected chi connectivity index (χ2v) is 6.20. The molecule has 3 N–H and O–H groups in total. The molecule has 0 fully saturated rings. The van der Waals surface area contributed by atoms with Gasteiger partial charge in [0.15, 0.2) is 0 Å². The van der Waals surface area contributed by atoms with Crippen LogP contribution in [0.4, 0.5) is 11.4 Å².